The number of fused-ring (bicyclic) bond motifs is 1. The van der Waals surface area contributed by atoms with Crippen molar-refractivity contribution in [2.24, 2.45) is 0 Å². The first kappa shape index (κ1) is 12.7. The van der Waals surface area contributed by atoms with Gasteiger partial charge in [-0.25, -0.2) is 4.98 Å². The molecular formula is C17H17N3. The smallest absolute Gasteiger partial charge is 0.133 e. The van der Waals surface area contributed by atoms with Crippen LogP contribution in [-0.4, -0.2) is 11.5 Å². The van der Waals surface area contributed by atoms with Crippen LogP contribution in [0, 0.1) is 11.3 Å². The van der Waals surface area contributed by atoms with Crippen LogP contribution in [-0.2, 0) is 12.8 Å². The van der Waals surface area contributed by atoms with Crippen molar-refractivity contribution in [3.8, 4) is 6.07 Å². The Morgan fingerprint density at radius 1 is 1.10 bits per heavy atom. The molecular weight excluding hydrogens is 246 g/mol. The molecule has 1 aromatic heterocycles. The van der Waals surface area contributed by atoms with Crippen molar-refractivity contribution in [1.29, 1.82) is 5.26 Å². The van der Waals surface area contributed by atoms with E-state index in [2.05, 4.69) is 35.2 Å². The van der Waals surface area contributed by atoms with Gasteiger partial charge in [0, 0.05) is 17.9 Å². The van der Waals surface area contributed by atoms with E-state index in [-0.39, 0.29) is 0 Å². The quantitative estimate of drug-likeness (QED) is 0.845. The molecule has 1 aromatic carbocycles. The van der Waals surface area contributed by atoms with Gasteiger partial charge in [0.15, 0.2) is 0 Å². The lowest BCUT2D eigenvalue weighted by molar-refractivity contribution is 0.888. The number of nitriles is 1. The van der Waals surface area contributed by atoms with E-state index in [1.54, 1.807) is 0 Å². The van der Waals surface area contributed by atoms with Gasteiger partial charge in [0.1, 0.15) is 5.82 Å². The van der Waals surface area contributed by atoms with Gasteiger partial charge in [0.25, 0.3) is 0 Å². The number of benzene rings is 1. The highest BCUT2D eigenvalue weighted by atomic mass is 15.2. The number of pyridine rings is 1. The van der Waals surface area contributed by atoms with Crippen molar-refractivity contribution >= 4 is 11.5 Å². The molecule has 3 heteroatoms. The van der Waals surface area contributed by atoms with Crippen LogP contribution in [0.15, 0.2) is 42.5 Å². The second kappa shape index (κ2) is 5.75. The van der Waals surface area contributed by atoms with Gasteiger partial charge >= 0.3 is 0 Å². The molecule has 100 valence electrons. The highest BCUT2D eigenvalue weighted by Gasteiger charge is 2.16. The highest BCUT2D eigenvalue weighted by Crippen LogP contribution is 2.27. The number of aryl methyl sites for hydroxylation is 2. The van der Waals surface area contributed by atoms with Crippen LogP contribution in [0.5, 0.6) is 0 Å². The van der Waals surface area contributed by atoms with Gasteiger partial charge in [0.2, 0.25) is 0 Å². The lowest BCUT2D eigenvalue weighted by atomic mass is 10.2. The molecule has 0 N–H and O–H groups in total. The van der Waals surface area contributed by atoms with E-state index in [1.807, 2.05) is 18.2 Å². The van der Waals surface area contributed by atoms with E-state index in [0.717, 1.165) is 24.3 Å². The Morgan fingerprint density at radius 3 is 2.75 bits per heavy atom. The fourth-order valence-electron chi connectivity index (χ4n) is 2.71. The molecule has 2 aromatic rings. The first-order valence-corrected chi connectivity index (χ1v) is 7.07. The summed E-state index contributed by atoms with van der Waals surface area (Å²) >= 11 is 0. The van der Waals surface area contributed by atoms with E-state index >= 15 is 0 Å². The number of anilines is 2. The predicted molar refractivity (Wildman–Crippen MR) is 79.9 cm³/mol. The summed E-state index contributed by atoms with van der Waals surface area (Å²) in [6.07, 6.45) is 3.92. The van der Waals surface area contributed by atoms with Crippen LogP contribution in [0.1, 0.15) is 24.1 Å². The number of rotatable bonds is 4. The molecule has 0 bridgehead atoms. The number of aromatic nitrogens is 1. The Balaban J connectivity index is 1.95. The molecule has 0 unspecified atom stereocenters. The predicted octanol–water partition coefficient (Wildman–Crippen LogP) is 3.62. The Morgan fingerprint density at radius 2 is 1.95 bits per heavy atom. The third-order valence-corrected chi connectivity index (χ3v) is 3.71. The second-order valence-corrected chi connectivity index (χ2v) is 5.02. The Labute approximate surface area is 119 Å². The summed E-state index contributed by atoms with van der Waals surface area (Å²) in [6.45, 7) is 0.673. The average Bonchev–Trinajstić information content (AvgIpc) is 2.96. The van der Waals surface area contributed by atoms with Crippen LogP contribution in [0.3, 0.4) is 0 Å². The zero-order chi connectivity index (χ0) is 13.8. The van der Waals surface area contributed by atoms with Crippen LogP contribution in [0.4, 0.5) is 11.5 Å². The number of hydrogen-bond acceptors (Lipinski definition) is 3. The van der Waals surface area contributed by atoms with Crippen LogP contribution < -0.4 is 4.90 Å². The minimum atomic E-state index is 0.494. The SMILES string of the molecule is N#CCCN(c1ccccc1)c1ccc2c(n1)CCC2. The third-order valence-electron chi connectivity index (χ3n) is 3.71. The minimum Gasteiger partial charge on any atom is -0.325 e. The summed E-state index contributed by atoms with van der Waals surface area (Å²) in [5.41, 5.74) is 3.69. The molecule has 0 radical (unpaired) electrons. The molecule has 3 nitrogen and oxygen atoms in total. The van der Waals surface area contributed by atoms with Gasteiger partial charge in [-0.05, 0) is 43.0 Å². The van der Waals surface area contributed by atoms with Gasteiger partial charge in [-0.3, -0.25) is 0 Å². The summed E-state index contributed by atoms with van der Waals surface area (Å²) in [5.74, 6) is 0.951. The maximum absolute atomic E-state index is 8.87. The molecule has 0 aliphatic heterocycles. The van der Waals surface area contributed by atoms with Crippen molar-refractivity contribution in [3.63, 3.8) is 0 Å². The van der Waals surface area contributed by atoms with Crippen LogP contribution >= 0.6 is 0 Å². The summed E-state index contributed by atoms with van der Waals surface area (Å²) in [7, 11) is 0. The number of nitrogens with zero attached hydrogens (tertiary/aromatic N) is 3. The van der Waals surface area contributed by atoms with Crippen molar-refractivity contribution in [2.45, 2.75) is 25.7 Å². The van der Waals surface area contributed by atoms with Crippen LogP contribution in [0.2, 0.25) is 0 Å². The zero-order valence-corrected chi connectivity index (χ0v) is 11.4. The fraction of sp³-hybridized carbons (Fsp3) is 0.294. The number of hydrogen-bond donors (Lipinski definition) is 0. The maximum atomic E-state index is 8.87. The molecule has 3 rings (SSSR count). The summed E-state index contributed by atoms with van der Waals surface area (Å²) < 4.78 is 0. The van der Waals surface area contributed by atoms with Crippen molar-refractivity contribution in [2.75, 3.05) is 11.4 Å². The Kier molecular flexibility index (Phi) is 3.64. The van der Waals surface area contributed by atoms with Gasteiger partial charge in [-0.1, -0.05) is 24.3 Å². The molecule has 0 fully saturated rings. The first-order valence-electron chi connectivity index (χ1n) is 7.07. The van der Waals surface area contributed by atoms with Gasteiger partial charge in [0.05, 0.1) is 12.5 Å². The van der Waals surface area contributed by atoms with Gasteiger partial charge < -0.3 is 4.90 Å². The van der Waals surface area contributed by atoms with E-state index in [0.29, 0.717) is 13.0 Å². The molecule has 0 saturated heterocycles. The molecule has 0 saturated carbocycles. The molecule has 20 heavy (non-hydrogen) atoms. The largest absolute Gasteiger partial charge is 0.325 e. The first-order chi connectivity index (χ1) is 9.88. The Bertz CT molecular complexity index is 628. The van der Waals surface area contributed by atoms with E-state index in [1.165, 1.54) is 17.7 Å². The lowest BCUT2D eigenvalue weighted by Crippen LogP contribution is -2.19. The fourth-order valence-corrected chi connectivity index (χ4v) is 2.71. The van der Waals surface area contributed by atoms with Gasteiger partial charge in [-0.2, -0.15) is 5.26 Å². The highest BCUT2D eigenvalue weighted by molar-refractivity contribution is 5.60. The molecule has 0 amide bonds. The normalized spacial score (nSPS) is 12.8. The van der Waals surface area contributed by atoms with Gasteiger partial charge in [-0.15, -0.1) is 0 Å². The van der Waals surface area contributed by atoms with E-state index < -0.39 is 0 Å². The molecule has 1 heterocycles. The van der Waals surface area contributed by atoms with Crippen molar-refractivity contribution in [3.05, 3.63) is 53.7 Å². The topological polar surface area (TPSA) is 39.9 Å². The molecule has 1 aliphatic rings. The zero-order valence-electron chi connectivity index (χ0n) is 11.4. The molecule has 1 aliphatic carbocycles. The minimum absolute atomic E-state index is 0.494. The van der Waals surface area contributed by atoms with Crippen molar-refractivity contribution in [1.82, 2.24) is 4.98 Å². The van der Waals surface area contributed by atoms with E-state index in [9.17, 15) is 0 Å². The summed E-state index contributed by atoms with van der Waals surface area (Å²) in [6, 6.07) is 16.6. The molecule has 0 spiro atoms. The average molecular weight is 263 g/mol. The Hall–Kier alpha value is -2.34. The molecule has 0 atom stereocenters. The lowest BCUT2D eigenvalue weighted by Gasteiger charge is -2.23. The monoisotopic (exact) mass is 263 g/mol. The van der Waals surface area contributed by atoms with Crippen LogP contribution in [0.25, 0.3) is 0 Å². The maximum Gasteiger partial charge on any atom is 0.133 e. The standard InChI is InChI=1S/C17H17N3/c18-12-5-13-20(15-7-2-1-3-8-15)17-11-10-14-6-4-9-16(14)19-17/h1-3,7-8,10-11H,4-6,9,13H2. The van der Waals surface area contributed by atoms with E-state index in [4.69, 9.17) is 10.2 Å². The summed E-state index contributed by atoms with van der Waals surface area (Å²) in [4.78, 5) is 6.93. The number of para-hydroxylation sites is 1. The third kappa shape index (κ3) is 2.50. The van der Waals surface area contributed by atoms with Crippen molar-refractivity contribution < 1.29 is 0 Å². The second-order valence-electron chi connectivity index (χ2n) is 5.02. The summed E-state index contributed by atoms with van der Waals surface area (Å²) in [5, 5.41) is 8.87.